The molecule has 0 aliphatic heterocycles. The van der Waals surface area contributed by atoms with Gasteiger partial charge in [0.15, 0.2) is 9.84 Å². The fraction of sp³-hybridized carbons (Fsp3) is 0.0909. The smallest absolute Gasteiger partial charge is 0.184 e. The molecule has 0 aliphatic carbocycles. The van der Waals surface area contributed by atoms with Crippen molar-refractivity contribution in [3.05, 3.63) is 42.2 Å². The molecule has 2 aromatic rings. The number of benzene rings is 1. The van der Waals surface area contributed by atoms with Gasteiger partial charge in [-0.25, -0.2) is 12.8 Å². The molecule has 1 heterocycles. The molecule has 0 atom stereocenters. The van der Waals surface area contributed by atoms with E-state index in [0.717, 1.165) is 10.4 Å². The van der Waals surface area contributed by atoms with Crippen LogP contribution in [0.25, 0.3) is 10.4 Å². The molecule has 0 N–H and O–H groups in total. The maximum absolute atomic E-state index is 12.7. The summed E-state index contributed by atoms with van der Waals surface area (Å²) in [4.78, 5) is 0.820. The molecule has 84 valence electrons. The average molecular weight is 256 g/mol. The number of halogens is 1. The van der Waals surface area contributed by atoms with E-state index in [1.54, 1.807) is 24.3 Å². The highest BCUT2D eigenvalue weighted by Crippen LogP contribution is 2.30. The first kappa shape index (κ1) is 11.3. The van der Waals surface area contributed by atoms with Crippen LogP contribution in [-0.2, 0) is 9.84 Å². The summed E-state index contributed by atoms with van der Waals surface area (Å²) in [5.41, 5.74) is 0.821. The molecule has 5 heteroatoms. The minimum absolute atomic E-state index is 0.302. The fourth-order valence-electron chi connectivity index (χ4n) is 1.29. The molecular formula is C11H9FO2S2. The summed E-state index contributed by atoms with van der Waals surface area (Å²) in [5.74, 6) is -0.302. The van der Waals surface area contributed by atoms with Crippen molar-refractivity contribution in [1.82, 2.24) is 0 Å². The maximum atomic E-state index is 12.7. The molecule has 0 bridgehead atoms. The van der Waals surface area contributed by atoms with Gasteiger partial charge in [0.1, 0.15) is 10.0 Å². The second-order valence-corrected chi connectivity index (χ2v) is 6.72. The van der Waals surface area contributed by atoms with E-state index in [0.29, 0.717) is 4.21 Å². The molecule has 1 aromatic carbocycles. The van der Waals surface area contributed by atoms with Crippen molar-refractivity contribution in [2.75, 3.05) is 6.26 Å². The van der Waals surface area contributed by atoms with Crippen molar-refractivity contribution in [3.63, 3.8) is 0 Å². The van der Waals surface area contributed by atoms with Crippen molar-refractivity contribution >= 4 is 21.2 Å². The van der Waals surface area contributed by atoms with Gasteiger partial charge >= 0.3 is 0 Å². The molecule has 1 aromatic heterocycles. The monoisotopic (exact) mass is 256 g/mol. The van der Waals surface area contributed by atoms with Crippen LogP contribution >= 0.6 is 11.3 Å². The molecule has 0 amide bonds. The highest BCUT2D eigenvalue weighted by Gasteiger charge is 2.11. The lowest BCUT2D eigenvalue weighted by Crippen LogP contribution is -1.91. The van der Waals surface area contributed by atoms with E-state index >= 15 is 0 Å². The van der Waals surface area contributed by atoms with E-state index in [-0.39, 0.29) is 5.82 Å². The zero-order valence-electron chi connectivity index (χ0n) is 8.48. The van der Waals surface area contributed by atoms with Crippen LogP contribution < -0.4 is 0 Å². The Hall–Kier alpha value is -1.20. The van der Waals surface area contributed by atoms with Crippen molar-refractivity contribution < 1.29 is 12.8 Å². The first-order valence-corrected chi connectivity index (χ1v) is 7.23. The summed E-state index contributed by atoms with van der Waals surface area (Å²) < 4.78 is 35.6. The lowest BCUT2D eigenvalue weighted by molar-refractivity contribution is 0.604. The topological polar surface area (TPSA) is 34.1 Å². The molecule has 2 nitrogen and oxygen atoms in total. The largest absolute Gasteiger partial charge is 0.223 e. The summed E-state index contributed by atoms with van der Waals surface area (Å²) in [6.07, 6.45) is 1.17. The standard InChI is InChI=1S/C11H9FO2S2/c1-16(13,14)11-7-6-10(15-11)8-2-4-9(12)5-3-8/h2-7H,1H3. The maximum Gasteiger partial charge on any atom is 0.184 e. The third kappa shape index (κ3) is 2.31. The van der Waals surface area contributed by atoms with E-state index in [4.69, 9.17) is 0 Å². The lowest BCUT2D eigenvalue weighted by atomic mass is 10.2. The summed E-state index contributed by atoms with van der Waals surface area (Å²) in [7, 11) is -3.15. The Morgan fingerprint density at radius 2 is 1.69 bits per heavy atom. The van der Waals surface area contributed by atoms with Gasteiger partial charge in [-0.05, 0) is 29.8 Å². The van der Waals surface area contributed by atoms with E-state index in [1.165, 1.54) is 29.7 Å². The number of hydrogen-bond donors (Lipinski definition) is 0. The van der Waals surface area contributed by atoms with Crippen LogP contribution in [0.5, 0.6) is 0 Å². The quantitative estimate of drug-likeness (QED) is 0.828. The molecule has 16 heavy (non-hydrogen) atoms. The Labute approximate surface area is 97.3 Å². The Kier molecular flexibility index (Phi) is 2.82. The Morgan fingerprint density at radius 3 is 2.19 bits per heavy atom. The number of hydrogen-bond acceptors (Lipinski definition) is 3. The highest BCUT2D eigenvalue weighted by molar-refractivity contribution is 7.92. The third-order valence-corrected chi connectivity index (χ3v) is 5.03. The lowest BCUT2D eigenvalue weighted by Gasteiger charge is -1.96. The van der Waals surface area contributed by atoms with Crippen molar-refractivity contribution in [2.24, 2.45) is 0 Å². The molecule has 0 unspecified atom stereocenters. The van der Waals surface area contributed by atoms with Crippen molar-refractivity contribution in [1.29, 1.82) is 0 Å². The van der Waals surface area contributed by atoms with E-state index in [9.17, 15) is 12.8 Å². The van der Waals surface area contributed by atoms with Crippen LogP contribution in [0.2, 0.25) is 0 Å². The number of sulfone groups is 1. The minimum atomic E-state index is -3.15. The van der Waals surface area contributed by atoms with Crippen LogP contribution in [-0.4, -0.2) is 14.7 Å². The molecule has 2 rings (SSSR count). The van der Waals surface area contributed by atoms with Crippen LogP contribution in [0.3, 0.4) is 0 Å². The van der Waals surface area contributed by atoms with Gasteiger partial charge in [-0.3, -0.25) is 0 Å². The fourth-order valence-corrected chi connectivity index (χ4v) is 3.22. The molecular weight excluding hydrogens is 247 g/mol. The van der Waals surface area contributed by atoms with Gasteiger partial charge in [0.2, 0.25) is 0 Å². The van der Waals surface area contributed by atoms with Crippen LogP contribution in [0.15, 0.2) is 40.6 Å². The Balaban J connectivity index is 2.43. The molecule has 0 radical (unpaired) electrons. The number of thiophene rings is 1. The van der Waals surface area contributed by atoms with Crippen molar-refractivity contribution in [3.8, 4) is 10.4 Å². The molecule has 0 aliphatic rings. The summed E-state index contributed by atoms with van der Waals surface area (Å²) in [5, 5.41) is 0. The first-order valence-electron chi connectivity index (χ1n) is 4.52. The van der Waals surface area contributed by atoms with Gasteiger partial charge in [-0.1, -0.05) is 12.1 Å². The molecule has 0 saturated carbocycles. The normalized spacial score (nSPS) is 11.6. The van der Waals surface area contributed by atoms with Gasteiger partial charge in [0.05, 0.1) is 0 Å². The summed E-state index contributed by atoms with van der Waals surface area (Å²) >= 11 is 1.19. The summed E-state index contributed by atoms with van der Waals surface area (Å²) in [6.45, 7) is 0. The van der Waals surface area contributed by atoms with Gasteiger partial charge in [-0.15, -0.1) is 11.3 Å². The molecule has 0 saturated heterocycles. The second-order valence-electron chi connectivity index (χ2n) is 3.40. The highest BCUT2D eigenvalue weighted by atomic mass is 32.2. The van der Waals surface area contributed by atoms with Gasteiger partial charge < -0.3 is 0 Å². The molecule has 0 spiro atoms. The van der Waals surface area contributed by atoms with E-state index in [1.807, 2.05) is 0 Å². The average Bonchev–Trinajstić information content (AvgIpc) is 2.67. The second kappa shape index (κ2) is 3.99. The van der Waals surface area contributed by atoms with Gasteiger partial charge in [0, 0.05) is 11.1 Å². The predicted molar refractivity (Wildman–Crippen MR) is 62.8 cm³/mol. The zero-order valence-corrected chi connectivity index (χ0v) is 10.1. The molecule has 0 fully saturated rings. The van der Waals surface area contributed by atoms with E-state index in [2.05, 4.69) is 0 Å². The van der Waals surface area contributed by atoms with Crippen LogP contribution in [0, 0.1) is 5.82 Å². The van der Waals surface area contributed by atoms with Gasteiger partial charge in [0.25, 0.3) is 0 Å². The van der Waals surface area contributed by atoms with Crippen LogP contribution in [0.1, 0.15) is 0 Å². The minimum Gasteiger partial charge on any atom is -0.223 e. The number of rotatable bonds is 2. The first-order chi connectivity index (χ1) is 7.47. The van der Waals surface area contributed by atoms with Gasteiger partial charge in [-0.2, -0.15) is 0 Å². The zero-order chi connectivity index (χ0) is 11.8. The van der Waals surface area contributed by atoms with Crippen LogP contribution in [0.4, 0.5) is 4.39 Å². The third-order valence-electron chi connectivity index (χ3n) is 2.08. The Morgan fingerprint density at radius 1 is 1.06 bits per heavy atom. The van der Waals surface area contributed by atoms with Crippen molar-refractivity contribution in [2.45, 2.75) is 4.21 Å². The summed E-state index contributed by atoms with van der Waals surface area (Å²) in [6, 6.07) is 9.28. The van der Waals surface area contributed by atoms with E-state index < -0.39 is 9.84 Å². The Bertz CT molecular complexity index is 597. The predicted octanol–water partition coefficient (Wildman–Crippen LogP) is 2.96. The SMILES string of the molecule is CS(=O)(=O)c1ccc(-c2ccc(F)cc2)s1.